The molecule has 0 aliphatic heterocycles. The first-order valence-electron chi connectivity index (χ1n) is 5.96. The lowest BCUT2D eigenvalue weighted by Gasteiger charge is -2.13. The van der Waals surface area contributed by atoms with Gasteiger partial charge in [0.15, 0.2) is 11.6 Å². The van der Waals surface area contributed by atoms with Gasteiger partial charge in [-0.3, -0.25) is 0 Å². The summed E-state index contributed by atoms with van der Waals surface area (Å²) in [4.78, 5) is 0. The Labute approximate surface area is 120 Å². The fourth-order valence-electron chi connectivity index (χ4n) is 1.90. The Morgan fingerprint density at radius 2 is 1.95 bits per heavy atom. The molecule has 0 saturated heterocycles. The number of halogens is 3. The molecule has 1 unspecified atom stereocenters. The van der Waals surface area contributed by atoms with Gasteiger partial charge in [-0.2, -0.15) is 0 Å². The Bertz CT molecular complexity index is 617. The van der Waals surface area contributed by atoms with Crippen LogP contribution in [-0.2, 0) is 6.42 Å². The zero-order valence-corrected chi connectivity index (χ0v) is 11.5. The van der Waals surface area contributed by atoms with E-state index in [0.29, 0.717) is 11.1 Å². The highest BCUT2D eigenvalue weighted by Gasteiger charge is 2.14. The Hall–Kier alpha value is -1.65. The number of aliphatic hydroxyl groups excluding tert-OH is 1. The quantitative estimate of drug-likeness (QED) is 0.927. The molecule has 0 heterocycles. The van der Waals surface area contributed by atoms with E-state index in [9.17, 15) is 13.9 Å². The van der Waals surface area contributed by atoms with Gasteiger partial charge in [0.2, 0.25) is 0 Å². The van der Waals surface area contributed by atoms with Crippen LogP contribution in [0.5, 0.6) is 5.75 Å². The van der Waals surface area contributed by atoms with Crippen LogP contribution < -0.4 is 4.74 Å². The Morgan fingerprint density at radius 1 is 1.20 bits per heavy atom. The summed E-state index contributed by atoms with van der Waals surface area (Å²) in [6.07, 6.45) is -0.761. The summed E-state index contributed by atoms with van der Waals surface area (Å²) in [5.41, 5.74) is 1.00. The third-order valence-electron chi connectivity index (χ3n) is 2.99. The van der Waals surface area contributed by atoms with Crippen molar-refractivity contribution in [1.82, 2.24) is 0 Å². The molecule has 106 valence electrons. The lowest BCUT2D eigenvalue weighted by Crippen LogP contribution is -2.03. The van der Waals surface area contributed by atoms with Crippen molar-refractivity contribution in [2.75, 3.05) is 7.11 Å². The maximum Gasteiger partial charge on any atom is 0.165 e. The molecule has 2 nitrogen and oxygen atoms in total. The molecule has 1 atom stereocenters. The van der Waals surface area contributed by atoms with Gasteiger partial charge < -0.3 is 9.84 Å². The zero-order chi connectivity index (χ0) is 14.7. The largest absolute Gasteiger partial charge is 0.494 e. The smallest absolute Gasteiger partial charge is 0.165 e. The molecule has 0 aliphatic carbocycles. The molecule has 2 rings (SSSR count). The maximum absolute atomic E-state index is 13.6. The highest BCUT2D eigenvalue weighted by atomic mass is 35.5. The SMILES string of the molecule is COc1ccc(C(O)Cc2ccc(F)cc2Cl)cc1F. The number of rotatable bonds is 4. The number of benzene rings is 2. The highest BCUT2D eigenvalue weighted by Crippen LogP contribution is 2.27. The number of aliphatic hydroxyl groups is 1. The molecule has 0 amide bonds. The minimum absolute atomic E-state index is 0.112. The van der Waals surface area contributed by atoms with Gasteiger partial charge in [-0.1, -0.05) is 23.7 Å². The molecular weight excluding hydrogens is 286 g/mol. The molecule has 0 spiro atoms. The van der Waals surface area contributed by atoms with E-state index in [4.69, 9.17) is 16.3 Å². The van der Waals surface area contributed by atoms with Crippen LogP contribution in [0.2, 0.25) is 5.02 Å². The van der Waals surface area contributed by atoms with E-state index < -0.39 is 17.7 Å². The van der Waals surface area contributed by atoms with Gasteiger partial charge in [-0.25, -0.2) is 8.78 Å². The summed E-state index contributed by atoms with van der Waals surface area (Å²) < 4.78 is 31.3. The molecule has 0 bridgehead atoms. The molecule has 0 saturated carbocycles. The molecule has 20 heavy (non-hydrogen) atoms. The lowest BCUT2D eigenvalue weighted by atomic mass is 10.0. The van der Waals surface area contributed by atoms with Gasteiger partial charge >= 0.3 is 0 Å². The van der Waals surface area contributed by atoms with E-state index in [-0.39, 0.29) is 17.2 Å². The van der Waals surface area contributed by atoms with Crippen LogP contribution in [0.1, 0.15) is 17.2 Å². The molecular formula is C15H13ClF2O2. The molecule has 0 aromatic heterocycles. The molecule has 5 heteroatoms. The summed E-state index contributed by atoms with van der Waals surface area (Å²) in [6, 6.07) is 8.17. The van der Waals surface area contributed by atoms with Crippen molar-refractivity contribution >= 4 is 11.6 Å². The van der Waals surface area contributed by atoms with Crippen LogP contribution in [0.3, 0.4) is 0 Å². The van der Waals surface area contributed by atoms with Crippen molar-refractivity contribution in [3.8, 4) is 5.75 Å². The van der Waals surface area contributed by atoms with E-state index in [2.05, 4.69) is 0 Å². The fourth-order valence-corrected chi connectivity index (χ4v) is 2.15. The van der Waals surface area contributed by atoms with Gasteiger partial charge in [-0.05, 0) is 35.4 Å². The number of hydrogen-bond acceptors (Lipinski definition) is 2. The Kier molecular flexibility index (Phi) is 4.57. The predicted octanol–water partition coefficient (Wildman–Crippen LogP) is 3.90. The predicted molar refractivity (Wildman–Crippen MR) is 73.0 cm³/mol. The maximum atomic E-state index is 13.6. The van der Waals surface area contributed by atoms with Crippen molar-refractivity contribution < 1.29 is 18.6 Å². The number of ether oxygens (including phenoxy) is 1. The molecule has 0 aliphatic rings. The summed E-state index contributed by atoms with van der Waals surface area (Å²) in [5, 5.41) is 10.3. The van der Waals surface area contributed by atoms with Crippen LogP contribution >= 0.6 is 11.6 Å². The minimum Gasteiger partial charge on any atom is -0.494 e. The third-order valence-corrected chi connectivity index (χ3v) is 3.34. The second kappa shape index (κ2) is 6.20. The Morgan fingerprint density at radius 3 is 2.55 bits per heavy atom. The molecule has 0 fully saturated rings. The molecule has 2 aromatic rings. The standard InChI is InChI=1S/C15H13ClF2O2/c1-20-15-5-3-10(6-13(15)18)14(19)7-9-2-4-11(17)8-12(9)16/h2-6,8,14,19H,7H2,1H3. The van der Waals surface area contributed by atoms with Crippen LogP contribution in [0, 0.1) is 11.6 Å². The average Bonchev–Trinajstić information content (AvgIpc) is 2.41. The first-order valence-corrected chi connectivity index (χ1v) is 6.34. The minimum atomic E-state index is -0.932. The molecule has 2 aromatic carbocycles. The van der Waals surface area contributed by atoms with E-state index >= 15 is 0 Å². The van der Waals surface area contributed by atoms with Gasteiger partial charge in [0, 0.05) is 11.4 Å². The topological polar surface area (TPSA) is 29.5 Å². The number of methoxy groups -OCH3 is 1. The van der Waals surface area contributed by atoms with Crippen molar-refractivity contribution in [3.05, 3.63) is 64.2 Å². The summed E-state index contributed by atoms with van der Waals surface area (Å²) in [7, 11) is 1.37. The van der Waals surface area contributed by atoms with Gasteiger partial charge in [-0.15, -0.1) is 0 Å². The van der Waals surface area contributed by atoms with Crippen molar-refractivity contribution in [1.29, 1.82) is 0 Å². The van der Waals surface area contributed by atoms with E-state index in [1.807, 2.05) is 0 Å². The average molecular weight is 299 g/mol. The first kappa shape index (κ1) is 14.8. The highest BCUT2D eigenvalue weighted by molar-refractivity contribution is 6.31. The van der Waals surface area contributed by atoms with Gasteiger partial charge in [0.1, 0.15) is 5.82 Å². The van der Waals surface area contributed by atoms with Gasteiger partial charge in [0.05, 0.1) is 13.2 Å². The van der Waals surface area contributed by atoms with Crippen LogP contribution in [0.15, 0.2) is 36.4 Å². The first-order chi connectivity index (χ1) is 9.51. The Balaban J connectivity index is 2.19. The van der Waals surface area contributed by atoms with Crippen LogP contribution in [0.4, 0.5) is 8.78 Å². The second-order valence-electron chi connectivity index (χ2n) is 4.35. The fraction of sp³-hybridized carbons (Fsp3) is 0.200. The second-order valence-corrected chi connectivity index (χ2v) is 4.76. The van der Waals surface area contributed by atoms with Crippen molar-refractivity contribution in [2.24, 2.45) is 0 Å². The number of hydrogen-bond donors (Lipinski definition) is 1. The lowest BCUT2D eigenvalue weighted by molar-refractivity contribution is 0.178. The van der Waals surface area contributed by atoms with E-state index in [1.54, 1.807) is 6.07 Å². The third kappa shape index (κ3) is 3.26. The van der Waals surface area contributed by atoms with E-state index in [0.717, 1.165) is 0 Å². The van der Waals surface area contributed by atoms with Gasteiger partial charge in [0.25, 0.3) is 0 Å². The monoisotopic (exact) mass is 298 g/mol. The normalized spacial score (nSPS) is 12.2. The van der Waals surface area contributed by atoms with Crippen LogP contribution in [-0.4, -0.2) is 12.2 Å². The zero-order valence-electron chi connectivity index (χ0n) is 10.7. The summed E-state index contributed by atoms with van der Waals surface area (Å²) in [5.74, 6) is -0.876. The van der Waals surface area contributed by atoms with Crippen molar-refractivity contribution in [2.45, 2.75) is 12.5 Å². The summed E-state index contributed by atoms with van der Waals surface area (Å²) >= 11 is 5.89. The van der Waals surface area contributed by atoms with Crippen molar-refractivity contribution in [3.63, 3.8) is 0 Å². The summed E-state index contributed by atoms with van der Waals surface area (Å²) in [6.45, 7) is 0. The molecule has 0 radical (unpaired) electrons. The van der Waals surface area contributed by atoms with Crippen LogP contribution in [0.25, 0.3) is 0 Å². The van der Waals surface area contributed by atoms with E-state index in [1.165, 1.54) is 37.4 Å². The molecule has 1 N–H and O–H groups in total.